The van der Waals surface area contributed by atoms with E-state index in [4.69, 9.17) is 0 Å². The van der Waals surface area contributed by atoms with Crippen molar-refractivity contribution in [3.8, 4) is 0 Å². The Morgan fingerprint density at radius 3 is 2.68 bits per heavy atom. The van der Waals surface area contributed by atoms with E-state index >= 15 is 0 Å². The van der Waals surface area contributed by atoms with Crippen LogP contribution in [0.25, 0.3) is 10.9 Å². The predicted octanol–water partition coefficient (Wildman–Crippen LogP) is 4.49. The van der Waals surface area contributed by atoms with Crippen LogP contribution in [0.1, 0.15) is 27.2 Å². The molecule has 2 aromatic carbocycles. The molecule has 1 N–H and O–H groups in total. The highest BCUT2D eigenvalue weighted by Crippen LogP contribution is 2.25. The zero-order valence-electron chi connectivity index (χ0n) is 16.4. The first kappa shape index (κ1) is 18.0. The normalized spacial score (nSPS) is 11.1. The van der Waals surface area contributed by atoms with Crippen LogP contribution >= 0.6 is 0 Å². The van der Waals surface area contributed by atoms with Gasteiger partial charge in [-0.1, -0.05) is 30.3 Å². The van der Waals surface area contributed by atoms with Gasteiger partial charge in [-0.15, -0.1) is 0 Å². The summed E-state index contributed by atoms with van der Waals surface area (Å²) in [6, 6.07) is 16.1. The minimum absolute atomic E-state index is 0.120. The van der Waals surface area contributed by atoms with Crippen LogP contribution in [-0.4, -0.2) is 20.3 Å². The second-order valence-corrected chi connectivity index (χ2v) is 7.18. The Kier molecular flexibility index (Phi) is 4.74. The molecule has 0 bridgehead atoms. The van der Waals surface area contributed by atoms with E-state index in [9.17, 15) is 4.79 Å². The number of fused-ring (bicyclic) bond motifs is 1. The molecule has 0 saturated carbocycles. The monoisotopic (exact) mass is 372 g/mol. The molecule has 0 aliphatic carbocycles. The molecule has 4 aromatic rings. The van der Waals surface area contributed by atoms with Crippen molar-refractivity contribution in [1.82, 2.24) is 14.3 Å². The molecule has 28 heavy (non-hydrogen) atoms. The summed E-state index contributed by atoms with van der Waals surface area (Å²) in [5.41, 5.74) is 6.19. The number of rotatable bonds is 5. The number of aryl methyl sites for hydroxylation is 4. The van der Waals surface area contributed by atoms with Gasteiger partial charge in [0.05, 0.1) is 11.9 Å². The quantitative estimate of drug-likeness (QED) is 0.561. The van der Waals surface area contributed by atoms with Crippen LogP contribution < -0.4 is 5.32 Å². The number of hydrogen-bond donors (Lipinski definition) is 1. The van der Waals surface area contributed by atoms with E-state index in [2.05, 4.69) is 41.0 Å². The molecule has 1 amide bonds. The molecule has 0 unspecified atom stereocenters. The molecule has 2 heterocycles. The van der Waals surface area contributed by atoms with Gasteiger partial charge in [0.2, 0.25) is 0 Å². The van der Waals surface area contributed by atoms with Gasteiger partial charge in [-0.3, -0.25) is 9.48 Å². The first-order chi connectivity index (χ1) is 13.5. The molecular formula is C23H24N4O. The molecule has 5 nitrogen and oxygen atoms in total. The third-order valence-corrected chi connectivity index (χ3v) is 5.43. The zero-order valence-corrected chi connectivity index (χ0v) is 16.4. The highest BCUT2D eigenvalue weighted by atomic mass is 16.1. The molecule has 0 spiro atoms. The lowest BCUT2D eigenvalue weighted by atomic mass is 10.1. The van der Waals surface area contributed by atoms with Gasteiger partial charge in [0, 0.05) is 41.9 Å². The van der Waals surface area contributed by atoms with Crippen molar-refractivity contribution < 1.29 is 4.79 Å². The van der Waals surface area contributed by atoms with E-state index < -0.39 is 0 Å². The molecule has 142 valence electrons. The van der Waals surface area contributed by atoms with E-state index in [-0.39, 0.29) is 5.91 Å². The average Bonchev–Trinajstić information content (AvgIpc) is 3.25. The van der Waals surface area contributed by atoms with Crippen molar-refractivity contribution >= 4 is 22.5 Å². The Morgan fingerprint density at radius 1 is 1.11 bits per heavy atom. The number of hydrogen-bond acceptors (Lipinski definition) is 2. The fourth-order valence-electron chi connectivity index (χ4n) is 3.54. The molecule has 0 radical (unpaired) electrons. The maximum absolute atomic E-state index is 12.7. The first-order valence-corrected chi connectivity index (χ1v) is 9.46. The van der Waals surface area contributed by atoms with Gasteiger partial charge in [-0.05, 0) is 49.6 Å². The van der Waals surface area contributed by atoms with Crippen molar-refractivity contribution in [2.75, 3.05) is 5.32 Å². The molecule has 0 aliphatic heterocycles. The van der Waals surface area contributed by atoms with Crippen molar-refractivity contribution in [3.63, 3.8) is 0 Å². The van der Waals surface area contributed by atoms with Crippen molar-refractivity contribution in [3.05, 3.63) is 83.3 Å². The van der Waals surface area contributed by atoms with E-state index in [1.165, 1.54) is 16.8 Å². The lowest BCUT2D eigenvalue weighted by Crippen LogP contribution is -2.11. The summed E-state index contributed by atoms with van der Waals surface area (Å²) >= 11 is 0. The summed E-state index contributed by atoms with van der Waals surface area (Å²) in [5.74, 6) is -0.120. The lowest BCUT2D eigenvalue weighted by Gasteiger charge is -2.04. The van der Waals surface area contributed by atoms with Crippen molar-refractivity contribution in [1.29, 1.82) is 0 Å². The number of nitrogens with zero attached hydrogens (tertiary/aromatic N) is 3. The third kappa shape index (κ3) is 3.43. The fraction of sp³-hybridized carbons (Fsp3) is 0.217. The van der Waals surface area contributed by atoms with E-state index in [0.717, 1.165) is 23.9 Å². The number of benzene rings is 2. The zero-order chi connectivity index (χ0) is 19.7. The van der Waals surface area contributed by atoms with Crippen LogP contribution in [0.3, 0.4) is 0 Å². The summed E-state index contributed by atoms with van der Waals surface area (Å²) < 4.78 is 4.01. The highest BCUT2D eigenvalue weighted by Gasteiger charge is 2.13. The second kappa shape index (κ2) is 7.35. The average molecular weight is 372 g/mol. The third-order valence-electron chi connectivity index (χ3n) is 5.43. The van der Waals surface area contributed by atoms with Crippen LogP contribution in [-0.2, 0) is 20.0 Å². The Hall–Kier alpha value is -3.34. The molecule has 2 aromatic heterocycles. The summed E-state index contributed by atoms with van der Waals surface area (Å²) in [4.78, 5) is 12.7. The maximum atomic E-state index is 12.7. The molecule has 4 rings (SSSR count). The molecule has 0 fully saturated rings. The highest BCUT2D eigenvalue weighted by molar-refractivity contribution is 6.06. The van der Waals surface area contributed by atoms with Crippen molar-refractivity contribution in [2.45, 2.75) is 26.8 Å². The number of amides is 1. The van der Waals surface area contributed by atoms with E-state index in [1.807, 2.05) is 54.3 Å². The molecule has 5 heteroatoms. The number of nitrogens with one attached hydrogen (secondary N) is 1. The fourth-order valence-corrected chi connectivity index (χ4v) is 3.54. The number of carbonyl (C=O) groups excluding carboxylic acids is 1. The van der Waals surface area contributed by atoms with Crippen molar-refractivity contribution in [2.24, 2.45) is 7.05 Å². The van der Waals surface area contributed by atoms with E-state index in [1.54, 1.807) is 6.20 Å². The first-order valence-electron chi connectivity index (χ1n) is 9.46. The van der Waals surface area contributed by atoms with Crippen LogP contribution in [0.15, 0.2) is 60.9 Å². The predicted molar refractivity (Wildman–Crippen MR) is 113 cm³/mol. The van der Waals surface area contributed by atoms with Gasteiger partial charge in [-0.2, -0.15) is 5.10 Å². The standard InChI is InChI=1S/C23H24N4O/c1-16-17(2)26(3)22-10-9-19(13-21(16)22)23(28)25-20-14-24-27(15-20)12-11-18-7-5-4-6-8-18/h4-10,13-15H,11-12H2,1-3H3,(H,25,28). The maximum Gasteiger partial charge on any atom is 0.255 e. The van der Waals surface area contributed by atoms with Gasteiger partial charge in [0.25, 0.3) is 5.91 Å². The Balaban J connectivity index is 1.46. The lowest BCUT2D eigenvalue weighted by molar-refractivity contribution is 0.102. The smallest absolute Gasteiger partial charge is 0.255 e. The summed E-state index contributed by atoms with van der Waals surface area (Å²) in [7, 11) is 2.05. The minimum atomic E-state index is -0.120. The number of anilines is 1. The van der Waals surface area contributed by atoms with Gasteiger partial charge in [0.1, 0.15) is 0 Å². The number of aromatic nitrogens is 3. The summed E-state index contributed by atoms with van der Waals surface area (Å²) in [5, 5.41) is 8.43. The van der Waals surface area contributed by atoms with Crippen LogP contribution in [0, 0.1) is 13.8 Å². The van der Waals surface area contributed by atoms with Gasteiger partial charge in [0.15, 0.2) is 0 Å². The molecule has 0 atom stereocenters. The van der Waals surface area contributed by atoms with Gasteiger partial charge >= 0.3 is 0 Å². The molecule has 0 aliphatic rings. The summed E-state index contributed by atoms with van der Waals surface area (Å²) in [6.07, 6.45) is 4.47. The molecule has 0 saturated heterocycles. The summed E-state index contributed by atoms with van der Waals surface area (Å²) in [6.45, 7) is 4.96. The van der Waals surface area contributed by atoms with Gasteiger partial charge < -0.3 is 9.88 Å². The SMILES string of the molecule is Cc1c(C)n(C)c2ccc(C(=O)Nc3cnn(CCc4ccccc4)c3)cc12. The number of carbonyl (C=O) groups is 1. The minimum Gasteiger partial charge on any atom is -0.348 e. The van der Waals surface area contributed by atoms with Crippen LogP contribution in [0.2, 0.25) is 0 Å². The topological polar surface area (TPSA) is 51.9 Å². The van der Waals surface area contributed by atoms with Crippen LogP contribution in [0.4, 0.5) is 5.69 Å². The molecular weight excluding hydrogens is 348 g/mol. The Morgan fingerprint density at radius 2 is 1.89 bits per heavy atom. The van der Waals surface area contributed by atoms with Gasteiger partial charge in [-0.25, -0.2) is 0 Å². The van der Waals surface area contributed by atoms with E-state index in [0.29, 0.717) is 11.3 Å². The Bertz CT molecular complexity index is 1140. The van der Waals surface area contributed by atoms with Crippen LogP contribution in [0.5, 0.6) is 0 Å². The Labute approximate surface area is 164 Å². The second-order valence-electron chi connectivity index (χ2n) is 7.18. The largest absolute Gasteiger partial charge is 0.348 e.